The first-order valence-electron chi connectivity index (χ1n) is 8.67. The number of halogens is 1. The molecule has 0 aliphatic carbocycles. The molecule has 2 aromatic rings. The Bertz CT molecular complexity index is 711. The van der Waals surface area contributed by atoms with E-state index in [4.69, 9.17) is 9.47 Å². The van der Waals surface area contributed by atoms with Gasteiger partial charge in [-0.25, -0.2) is 4.99 Å². The zero-order valence-electron chi connectivity index (χ0n) is 16.0. The number of likely N-dealkylation sites (N-methyl/N-ethyl adjacent to an activating group) is 1. The van der Waals surface area contributed by atoms with Crippen LogP contribution < -0.4 is 14.8 Å². The SMILES string of the molecule is CCNC(=NCc1cccc(OC)c1O)N(C)CCOc1ccccc1.I. The Hall–Kier alpha value is -2.16. The van der Waals surface area contributed by atoms with Crippen LogP contribution in [0.25, 0.3) is 0 Å². The van der Waals surface area contributed by atoms with Crippen LogP contribution in [0.4, 0.5) is 0 Å². The largest absolute Gasteiger partial charge is 0.504 e. The van der Waals surface area contributed by atoms with Gasteiger partial charge in [-0.1, -0.05) is 30.3 Å². The number of aliphatic imine (C=N–C) groups is 1. The van der Waals surface area contributed by atoms with Crippen molar-refractivity contribution in [1.82, 2.24) is 10.2 Å². The van der Waals surface area contributed by atoms with Crippen LogP contribution >= 0.6 is 24.0 Å². The smallest absolute Gasteiger partial charge is 0.194 e. The summed E-state index contributed by atoms with van der Waals surface area (Å²) < 4.78 is 10.9. The van der Waals surface area contributed by atoms with Gasteiger partial charge in [0.1, 0.15) is 12.4 Å². The van der Waals surface area contributed by atoms with Gasteiger partial charge >= 0.3 is 0 Å². The maximum absolute atomic E-state index is 10.2. The molecule has 0 saturated carbocycles. The van der Waals surface area contributed by atoms with Crippen molar-refractivity contribution in [3.8, 4) is 17.2 Å². The van der Waals surface area contributed by atoms with Crippen molar-refractivity contribution < 1.29 is 14.6 Å². The number of benzene rings is 2. The lowest BCUT2D eigenvalue weighted by Gasteiger charge is -2.22. The van der Waals surface area contributed by atoms with Crippen LogP contribution in [0.3, 0.4) is 0 Å². The molecule has 2 N–H and O–H groups in total. The van der Waals surface area contributed by atoms with Gasteiger partial charge in [0.2, 0.25) is 0 Å². The van der Waals surface area contributed by atoms with E-state index in [1.54, 1.807) is 6.07 Å². The topological polar surface area (TPSA) is 66.3 Å². The average molecular weight is 485 g/mol. The second-order valence-corrected chi connectivity index (χ2v) is 5.72. The second kappa shape index (κ2) is 12.3. The molecule has 0 fully saturated rings. The normalized spacial score (nSPS) is 10.7. The summed E-state index contributed by atoms with van der Waals surface area (Å²) in [6.45, 7) is 4.37. The standard InChI is InChI=1S/C20H27N3O3.HI/c1-4-21-20(22-15-16-9-8-12-18(25-3)19(16)24)23(2)13-14-26-17-10-6-5-7-11-17;/h5-12,24H,4,13-15H2,1-3H3,(H,21,22);1H. The van der Waals surface area contributed by atoms with Crippen LogP contribution in [0.1, 0.15) is 12.5 Å². The van der Waals surface area contributed by atoms with Crippen LogP contribution in [-0.2, 0) is 6.54 Å². The first-order chi connectivity index (χ1) is 12.7. The molecule has 6 nitrogen and oxygen atoms in total. The van der Waals surface area contributed by atoms with E-state index >= 15 is 0 Å². The van der Waals surface area contributed by atoms with E-state index in [0.29, 0.717) is 31.0 Å². The molecule has 0 atom stereocenters. The van der Waals surface area contributed by atoms with Crippen LogP contribution in [0, 0.1) is 0 Å². The molecule has 148 valence electrons. The summed E-state index contributed by atoms with van der Waals surface area (Å²) in [5.41, 5.74) is 0.716. The van der Waals surface area contributed by atoms with Gasteiger partial charge in [-0.2, -0.15) is 0 Å². The maximum atomic E-state index is 10.2. The minimum Gasteiger partial charge on any atom is -0.504 e. The highest BCUT2D eigenvalue weighted by Gasteiger charge is 2.09. The van der Waals surface area contributed by atoms with Gasteiger partial charge in [0.15, 0.2) is 17.5 Å². The van der Waals surface area contributed by atoms with Gasteiger partial charge in [0.05, 0.1) is 20.2 Å². The van der Waals surface area contributed by atoms with E-state index in [0.717, 1.165) is 18.3 Å². The van der Waals surface area contributed by atoms with Gasteiger partial charge in [0, 0.05) is 19.2 Å². The number of hydrogen-bond donors (Lipinski definition) is 2. The van der Waals surface area contributed by atoms with E-state index in [2.05, 4.69) is 10.3 Å². The molecule has 0 aliphatic rings. The lowest BCUT2D eigenvalue weighted by atomic mass is 10.2. The van der Waals surface area contributed by atoms with Crippen molar-refractivity contribution in [3.63, 3.8) is 0 Å². The van der Waals surface area contributed by atoms with Crippen molar-refractivity contribution in [2.45, 2.75) is 13.5 Å². The highest BCUT2D eigenvalue weighted by molar-refractivity contribution is 14.0. The zero-order chi connectivity index (χ0) is 18.8. The van der Waals surface area contributed by atoms with Crippen LogP contribution in [0.5, 0.6) is 17.2 Å². The number of nitrogens with zero attached hydrogens (tertiary/aromatic N) is 2. The Morgan fingerprint density at radius 3 is 2.56 bits per heavy atom. The Kier molecular flexibility index (Phi) is 10.4. The van der Waals surface area contributed by atoms with E-state index in [1.807, 2.05) is 61.3 Å². The van der Waals surface area contributed by atoms with Gasteiger partial charge in [-0.05, 0) is 25.1 Å². The molecule has 0 aliphatic heterocycles. The van der Waals surface area contributed by atoms with Crippen LogP contribution in [0.2, 0.25) is 0 Å². The van der Waals surface area contributed by atoms with Gasteiger partial charge in [0.25, 0.3) is 0 Å². The summed E-state index contributed by atoms with van der Waals surface area (Å²) in [7, 11) is 3.49. The fourth-order valence-corrected chi connectivity index (χ4v) is 2.41. The number of guanidine groups is 1. The maximum Gasteiger partial charge on any atom is 0.194 e. The molecular weight excluding hydrogens is 457 g/mol. The molecule has 7 heteroatoms. The Morgan fingerprint density at radius 1 is 1.15 bits per heavy atom. The number of methoxy groups -OCH3 is 1. The first-order valence-corrected chi connectivity index (χ1v) is 8.67. The summed E-state index contributed by atoms with van der Waals surface area (Å²) in [5.74, 6) is 2.19. The summed E-state index contributed by atoms with van der Waals surface area (Å²) in [5, 5.41) is 13.4. The summed E-state index contributed by atoms with van der Waals surface area (Å²) >= 11 is 0. The van der Waals surface area contributed by atoms with E-state index in [-0.39, 0.29) is 29.7 Å². The molecular formula is C20H28IN3O3. The number of ether oxygens (including phenoxy) is 2. The van der Waals surface area contributed by atoms with E-state index < -0.39 is 0 Å². The summed E-state index contributed by atoms with van der Waals surface area (Å²) in [6, 6.07) is 15.1. The molecule has 0 spiro atoms. The molecule has 0 saturated heterocycles. The average Bonchev–Trinajstić information content (AvgIpc) is 2.67. The molecule has 0 amide bonds. The predicted molar refractivity (Wildman–Crippen MR) is 119 cm³/mol. The molecule has 0 radical (unpaired) electrons. The van der Waals surface area contributed by atoms with Crippen LogP contribution in [0.15, 0.2) is 53.5 Å². The third kappa shape index (κ3) is 7.16. The quantitative estimate of drug-likeness (QED) is 0.341. The highest BCUT2D eigenvalue weighted by Crippen LogP contribution is 2.29. The lowest BCUT2D eigenvalue weighted by Crippen LogP contribution is -2.40. The van der Waals surface area contributed by atoms with Crippen LogP contribution in [-0.4, -0.2) is 49.8 Å². The van der Waals surface area contributed by atoms with Gasteiger partial charge < -0.3 is 24.8 Å². The van der Waals surface area contributed by atoms with Crippen molar-refractivity contribution in [2.24, 2.45) is 4.99 Å². The van der Waals surface area contributed by atoms with Crippen molar-refractivity contribution in [2.75, 3.05) is 33.9 Å². The number of nitrogens with one attached hydrogen (secondary N) is 1. The van der Waals surface area contributed by atoms with Crippen molar-refractivity contribution >= 4 is 29.9 Å². The monoisotopic (exact) mass is 485 g/mol. The first kappa shape index (κ1) is 22.9. The predicted octanol–water partition coefficient (Wildman–Crippen LogP) is 3.50. The third-order valence-electron chi connectivity index (χ3n) is 3.84. The summed E-state index contributed by atoms with van der Waals surface area (Å²) in [6.07, 6.45) is 0. The fourth-order valence-electron chi connectivity index (χ4n) is 2.41. The lowest BCUT2D eigenvalue weighted by molar-refractivity contribution is 0.281. The Labute approximate surface area is 178 Å². The summed E-state index contributed by atoms with van der Waals surface area (Å²) in [4.78, 5) is 6.61. The van der Waals surface area contributed by atoms with Gasteiger partial charge in [-0.15, -0.1) is 24.0 Å². The Morgan fingerprint density at radius 2 is 1.89 bits per heavy atom. The number of rotatable bonds is 8. The minimum absolute atomic E-state index is 0. The van der Waals surface area contributed by atoms with Crippen molar-refractivity contribution in [1.29, 1.82) is 0 Å². The number of hydrogen-bond acceptors (Lipinski definition) is 4. The number of phenols is 1. The minimum atomic E-state index is 0. The molecule has 27 heavy (non-hydrogen) atoms. The zero-order valence-corrected chi connectivity index (χ0v) is 18.3. The molecule has 2 rings (SSSR count). The highest BCUT2D eigenvalue weighted by atomic mass is 127. The molecule has 0 aromatic heterocycles. The van der Waals surface area contributed by atoms with Crippen molar-refractivity contribution in [3.05, 3.63) is 54.1 Å². The third-order valence-corrected chi connectivity index (χ3v) is 3.84. The van der Waals surface area contributed by atoms with Gasteiger partial charge in [-0.3, -0.25) is 0 Å². The molecule has 0 bridgehead atoms. The Balaban J connectivity index is 0.00000364. The number of aromatic hydroxyl groups is 1. The second-order valence-electron chi connectivity index (χ2n) is 5.72. The molecule has 2 aromatic carbocycles. The molecule has 0 heterocycles. The van der Waals surface area contributed by atoms with E-state index in [9.17, 15) is 5.11 Å². The number of phenolic OH excluding ortho intramolecular Hbond substituents is 1. The molecule has 0 unspecified atom stereocenters. The fraction of sp³-hybridized carbons (Fsp3) is 0.350. The van der Waals surface area contributed by atoms with E-state index in [1.165, 1.54) is 7.11 Å². The number of para-hydroxylation sites is 2.